The number of nitrogens with zero attached hydrogens (tertiary/aromatic N) is 6. The van der Waals surface area contributed by atoms with Crippen LogP contribution in [0.1, 0.15) is 66.9 Å². The van der Waals surface area contributed by atoms with Gasteiger partial charge in [0.05, 0.1) is 35.7 Å². The van der Waals surface area contributed by atoms with Gasteiger partial charge in [-0.2, -0.15) is 23.4 Å². The molecule has 0 radical (unpaired) electrons. The van der Waals surface area contributed by atoms with Crippen LogP contribution in [-0.2, 0) is 17.8 Å². The summed E-state index contributed by atoms with van der Waals surface area (Å²) < 4.78 is 71.2. The standard InChI is InChI=1S/C25H29F5N8O2/c1-2-37-19(5-7-33-37)22(40)35-20(14-4-3-6-24(26,27)10-14)18-13-38-23(34-18)32-12-17(36-38)9-15-8-16(25(28,29)30)11-31-21(15)39/h5,7,12-16,20H,2-4,6,8-11H2,1H3,(H,31,39)(H,35,40)/t14-,15-,16+,20+/m1/s1. The monoisotopic (exact) mass is 568 g/mol. The quantitative estimate of drug-likeness (QED) is 0.422. The van der Waals surface area contributed by atoms with E-state index in [1.54, 1.807) is 0 Å². The van der Waals surface area contributed by atoms with E-state index in [0.29, 0.717) is 13.0 Å². The molecule has 2 N–H and O–H groups in total. The molecule has 1 saturated heterocycles. The van der Waals surface area contributed by atoms with Gasteiger partial charge in [0.25, 0.3) is 11.7 Å². The highest BCUT2D eigenvalue weighted by Crippen LogP contribution is 2.42. The third-order valence-corrected chi connectivity index (χ3v) is 7.64. The van der Waals surface area contributed by atoms with Crippen LogP contribution >= 0.6 is 0 Å². The van der Waals surface area contributed by atoms with Crippen molar-refractivity contribution in [2.45, 2.75) is 70.1 Å². The minimum Gasteiger partial charge on any atom is -0.355 e. The van der Waals surface area contributed by atoms with Crippen LogP contribution < -0.4 is 10.6 Å². The number of alkyl halides is 5. The van der Waals surface area contributed by atoms with E-state index in [-0.39, 0.29) is 48.5 Å². The molecule has 0 aromatic carbocycles. The summed E-state index contributed by atoms with van der Waals surface area (Å²) in [6, 6.07) is 0.664. The zero-order chi connectivity index (χ0) is 28.7. The Kier molecular flexibility index (Phi) is 7.48. The number of piperidine rings is 1. The molecule has 5 rings (SSSR count). The number of halogens is 5. The maximum atomic E-state index is 14.4. The Morgan fingerprint density at radius 3 is 2.85 bits per heavy atom. The van der Waals surface area contributed by atoms with Gasteiger partial charge >= 0.3 is 6.18 Å². The van der Waals surface area contributed by atoms with Crippen molar-refractivity contribution >= 4 is 17.6 Å². The third-order valence-electron chi connectivity index (χ3n) is 7.64. The van der Waals surface area contributed by atoms with Crippen LogP contribution in [0.2, 0.25) is 0 Å². The van der Waals surface area contributed by atoms with Gasteiger partial charge in [-0.3, -0.25) is 14.3 Å². The minimum atomic E-state index is -4.43. The first-order valence-corrected chi connectivity index (χ1v) is 13.2. The number of aromatic nitrogens is 6. The summed E-state index contributed by atoms with van der Waals surface area (Å²) in [5.41, 5.74) is 0.833. The molecule has 4 atom stereocenters. The third kappa shape index (κ3) is 5.92. The van der Waals surface area contributed by atoms with E-state index >= 15 is 0 Å². The molecule has 15 heteroatoms. The Morgan fingerprint density at radius 2 is 2.12 bits per heavy atom. The zero-order valence-corrected chi connectivity index (χ0v) is 21.7. The number of hydrogen-bond acceptors (Lipinski definition) is 6. The fourth-order valence-electron chi connectivity index (χ4n) is 5.58. The van der Waals surface area contributed by atoms with Crippen LogP contribution in [-0.4, -0.2) is 59.8 Å². The molecule has 1 aliphatic carbocycles. The van der Waals surface area contributed by atoms with E-state index in [9.17, 15) is 31.5 Å². The first-order valence-electron chi connectivity index (χ1n) is 13.2. The molecule has 1 saturated carbocycles. The van der Waals surface area contributed by atoms with Crippen LogP contribution in [0.3, 0.4) is 0 Å². The molecule has 2 fully saturated rings. The van der Waals surface area contributed by atoms with Gasteiger partial charge in [-0.1, -0.05) is 0 Å². The van der Waals surface area contributed by atoms with Crippen LogP contribution in [0, 0.1) is 17.8 Å². The van der Waals surface area contributed by atoms with Gasteiger partial charge in [0.2, 0.25) is 11.8 Å². The van der Waals surface area contributed by atoms with Gasteiger partial charge in [-0.05, 0) is 38.2 Å². The predicted molar refractivity (Wildman–Crippen MR) is 130 cm³/mol. The fraction of sp³-hybridized carbons (Fsp3) is 0.600. The molecule has 2 aliphatic rings. The number of carbonyl (C=O) groups excluding carboxylic acids is 2. The molecule has 3 aromatic rings. The molecule has 10 nitrogen and oxygen atoms in total. The van der Waals surface area contributed by atoms with Crippen molar-refractivity contribution in [1.29, 1.82) is 0 Å². The van der Waals surface area contributed by atoms with Gasteiger partial charge in [0.15, 0.2) is 0 Å². The molecular formula is C25H29F5N8O2. The number of amides is 2. The first-order chi connectivity index (χ1) is 18.9. The van der Waals surface area contributed by atoms with E-state index in [0.717, 1.165) is 0 Å². The summed E-state index contributed by atoms with van der Waals surface area (Å²) in [6.45, 7) is 1.80. The number of imidazole rings is 1. The van der Waals surface area contributed by atoms with Gasteiger partial charge in [-0.25, -0.2) is 23.3 Å². The summed E-state index contributed by atoms with van der Waals surface area (Å²) in [5, 5.41) is 13.6. The second kappa shape index (κ2) is 10.7. The van der Waals surface area contributed by atoms with Crippen LogP contribution in [0.4, 0.5) is 22.0 Å². The maximum absolute atomic E-state index is 14.4. The molecule has 2 amide bonds. The maximum Gasteiger partial charge on any atom is 0.393 e. The molecule has 0 bridgehead atoms. The molecule has 4 heterocycles. The van der Waals surface area contributed by atoms with Gasteiger partial charge in [0, 0.05) is 44.5 Å². The van der Waals surface area contributed by atoms with Crippen LogP contribution in [0.15, 0.2) is 24.7 Å². The molecular weight excluding hydrogens is 539 g/mol. The lowest BCUT2D eigenvalue weighted by Crippen LogP contribution is -2.47. The topological polar surface area (TPSA) is 119 Å². The largest absolute Gasteiger partial charge is 0.393 e. The second-order valence-electron chi connectivity index (χ2n) is 10.5. The van der Waals surface area contributed by atoms with Crippen molar-refractivity contribution < 1.29 is 31.5 Å². The number of rotatable bonds is 7. The summed E-state index contributed by atoms with van der Waals surface area (Å²) in [4.78, 5) is 34.1. The highest BCUT2D eigenvalue weighted by atomic mass is 19.4. The van der Waals surface area contributed by atoms with E-state index in [1.807, 2.05) is 6.92 Å². The Hall–Kier alpha value is -3.65. The highest BCUT2D eigenvalue weighted by molar-refractivity contribution is 5.92. The SMILES string of the molecule is CCn1nccc1C(=O)N[C@H](c1cn2nc(C[C@H]3C[C@H](C(F)(F)F)CNC3=O)cnc2n1)[C@@H]1CCCC(F)(F)C1. The smallest absolute Gasteiger partial charge is 0.355 e. The Bertz CT molecular complexity index is 1390. The Morgan fingerprint density at radius 1 is 1.32 bits per heavy atom. The average molecular weight is 569 g/mol. The summed E-state index contributed by atoms with van der Waals surface area (Å²) in [6.07, 6.45) is -0.488. The van der Waals surface area contributed by atoms with Crippen LogP contribution in [0.5, 0.6) is 0 Å². The number of hydrogen-bond donors (Lipinski definition) is 2. The van der Waals surface area contributed by atoms with Crippen molar-refractivity contribution in [3.8, 4) is 0 Å². The summed E-state index contributed by atoms with van der Waals surface area (Å²) in [7, 11) is 0. The summed E-state index contributed by atoms with van der Waals surface area (Å²) in [5.74, 6) is -6.92. The van der Waals surface area contributed by atoms with Crippen molar-refractivity contribution in [3.05, 3.63) is 41.7 Å². The Balaban J connectivity index is 1.41. The minimum absolute atomic E-state index is 0.0646. The van der Waals surface area contributed by atoms with Crippen molar-refractivity contribution in [2.75, 3.05) is 6.54 Å². The molecule has 40 heavy (non-hydrogen) atoms. The Labute approximate surface area is 225 Å². The fourth-order valence-corrected chi connectivity index (χ4v) is 5.58. The van der Waals surface area contributed by atoms with Gasteiger partial charge in [-0.15, -0.1) is 0 Å². The van der Waals surface area contributed by atoms with Crippen LogP contribution in [0.25, 0.3) is 5.78 Å². The zero-order valence-electron chi connectivity index (χ0n) is 21.7. The van der Waals surface area contributed by atoms with E-state index in [2.05, 4.69) is 30.8 Å². The van der Waals surface area contributed by atoms with Crippen molar-refractivity contribution in [1.82, 2.24) is 40.0 Å². The molecule has 0 spiro atoms. The number of fused-ring (bicyclic) bond motifs is 1. The number of aryl methyl sites for hydroxylation is 1. The molecule has 1 aliphatic heterocycles. The lowest BCUT2D eigenvalue weighted by atomic mass is 9.80. The van der Waals surface area contributed by atoms with Gasteiger partial charge < -0.3 is 10.6 Å². The van der Waals surface area contributed by atoms with E-state index in [4.69, 9.17) is 0 Å². The highest BCUT2D eigenvalue weighted by Gasteiger charge is 2.45. The first kappa shape index (κ1) is 27.9. The molecule has 3 aromatic heterocycles. The number of carbonyl (C=O) groups is 2. The molecule has 0 unspecified atom stereocenters. The second-order valence-corrected chi connectivity index (χ2v) is 10.5. The molecule has 216 valence electrons. The predicted octanol–water partition coefficient (Wildman–Crippen LogP) is 3.49. The van der Waals surface area contributed by atoms with Crippen molar-refractivity contribution in [2.24, 2.45) is 17.8 Å². The van der Waals surface area contributed by atoms with E-state index in [1.165, 1.54) is 33.9 Å². The van der Waals surface area contributed by atoms with Gasteiger partial charge in [0.1, 0.15) is 5.69 Å². The lowest BCUT2D eigenvalue weighted by molar-refractivity contribution is -0.183. The lowest BCUT2D eigenvalue weighted by Gasteiger charge is -2.34. The van der Waals surface area contributed by atoms with Crippen molar-refractivity contribution in [3.63, 3.8) is 0 Å². The number of nitrogens with one attached hydrogen (secondary N) is 2. The summed E-state index contributed by atoms with van der Waals surface area (Å²) >= 11 is 0. The average Bonchev–Trinajstić information content (AvgIpc) is 3.54. The normalized spacial score (nSPS) is 24.1. The van der Waals surface area contributed by atoms with E-state index < -0.39 is 60.7 Å².